The van der Waals surface area contributed by atoms with Crippen LogP contribution in [0.15, 0.2) is 72.8 Å². The number of rotatable bonds is 8. The smallest absolute Gasteiger partial charge is 0.195 e. The number of Topliss-reactive ketones (excluding diaryl/α,β-unsaturated/α-hetero) is 2. The lowest BCUT2D eigenvalue weighted by Crippen LogP contribution is -2.11. The fourth-order valence-corrected chi connectivity index (χ4v) is 2.68. The van der Waals surface area contributed by atoms with Crippen molar-refractivity contribution in [1.82, 2.24) is 0 Å². The van der Waals surface area contributed by atoms with Gasteiger partial charge >= 0.3 is 0 Å². The van der Waals surface area contributed by atoms with Crippen molar-refractivity contribution in [2.45, 2.75) is 13.8 Å². The monoisotopic (exact) mass is 374 g/mol. The summed E-state index contributed by atoms with van der Waals surface area (Å²) in [5.74, 6) is 1.05. The summed E-state index contributed by atoms with van der Waals surface area (Å²) in [6, 6.07) is 15.5. The Morgan fingerprint density at radius 1 is 0.679 bits per heavy atom. The van der Waals surface area contributed by atoms with Gasteiger partial charge in [0.25, 0.3) is 0 Å². The molecule has 3 rings (SSSR count). The third kappa shape index (κ3) is 4.46. The molecule has 0 heterocycles. The van der Waals surface area contributed by atoms with Gasteiger partial charge in [0.15, 0.2) is 24.8 Å². The molecule has 0 fully saturated rings. The molecular formula is C24H22O4. The zero-order valence-corrected chi connectivity index (χ0v) is 16.1. The van der Waals surface area contributed by atoms with Gasteiger partial charge in [0.05, 0.1) is 0 Å². The summed E-state index contributed by atoms with van der Waals surface area (Å²) >= 11 is 0. The molecule has 0 saturated carbocycles. The highest BCUT2D eigenvalue weighted by atomic mass is 16.5. The molecule has 0 amide bonds. The van der Waals surface area contributed by atoms with Crippen molar-refractivity contribution in [2.24, 2.45) is 0 Å². The van der Waals surface area contributed by atoms with Crippen molar-refractivity contribution in [1.29, 1.82) is 0 Å². The molecule has 0 unspecified atom stereocenters. The number of ketones is 2. The van der Waals surface area contributed by atoms with E-state index >= 15 is 0 Å². The van der Waals surface area contributed by atoms with Gasteiger partial charge in [-0.2, -0.15) is 0 Å². The van der Waals surface area contributed by atoms with Crippen LogP contribution < -0.4 is 9.47 Å². The number of carbonyl (C=O) groups excluding carboxylic acids is 2. The summed E-state index contributed by atoms with van der Waals surface area (Å²) < 4.78 is 11.1. The van der Waals surface area contributed by atoms with Crippen LogP contribution in [0.25, 0.3) is 21.5 Å². The Morgan fingerprint density at radius 2 is 1.07 bits per heavy atom. The highest BCUT2D eigenvalue weighted by molar-refractivity contribution is 5.99. The predicted octanol–water partition coefficient (Wildman–Crippen LogP) is 5.04. The van der Waals surface area contributed by atoms with Crippen molar-refractivity contribution in [2.75, 3.05) is 13.2 Å². The molecule has 0 aromatic heterocycles. The quantitative estimate of drug-likeness (QED) is 0.409. The van der Waals surface area contributed by atoms with Gasteiger partial charge in [-0.3, -0.25) is 9.59 Å². The van der Waals surface area contributed by atoms with Gasteiger partial charge in [-0.25, -0.2) is 0 Å². The van der Waals surface area contributed by atoms with Crippen molar-refractivity contribution >= 4 is 33.1 Å². The van der Waals surface area contributed by atoms with E-state index in [0.717, 1.165) is 21.5 Å². The Morgan fingerprint density at radius 3 is 1.43 bits per heavy atom. The van der Waals surface area contributed by atoms with Crippen LogP contribution in [0.4, 0.5) is 0 Å². The third-order valence-electron chi connectivity index (χ3n) is 4.43. The van der Waals surface area contributed by atoms with E-state index in [9.17, 15) is 9.59 Å². The summed E-state index contributed by atoms with van der Waals surface area (Å²) in [4.78, 5) is 23.3. The van der Waals surface area contributed by atoms with Gasteiger partial charge in [-0.1, -0.05) is 25.3 Å². The van der Waals surface area contributed by atoms with Crippen molar-refractivity contribution in [3.8, 4) is 11.5 Å². The van der Waals surface area contributed by atoms with E-state index in [0.29, 0.717) is 22.6 Å². The minimum Gasteiger partial charge on any atom is -0.485 e. The molecule has 4 heteroatoms. The van der Waals surface area contributed by atoms with E-state index in [1.165, 1.54) is 0 Å². The lowest BCUT2D eigenvalue weighted by Gasteiger charge is -2.09. The van der Waals surface area contributed by atoms with E-state index in [-0.39, 0.29) is 24.8 Å². The van der Waals surface area contributed by atoms with Crippen LogP contribution in [0.1, 0.15) is 13.8 Å². The molecule has 4 nitrogen and oxygen atoms in total. The van der Waals surface area contributed by atoms with Crippen LogP contribution in [0.5, 0.6) is 11.5 Å². The molecule has 0 aliphatic heterocycles. The molecule has 0 aliphatic rings. The maximum atomic E-state index is 11.7. The van der Waals surface area contributed by atoms with Gasteiger partial charge in [0.1, 0.15) is 11.5 Å². The number of benzene rings is 3. The first-order valence-corrected chi connectivity index (χ1v) is 8.94. The normalized spacial score (nSPS) is 10.6. The first kappa shape index (κ1) is 19.4. The van der Waals surface area contributed by atoms with Crippen LogP contribution in [0.2, 0.25) is 0 Å². The maximum Gasteiger partial charge on any atom is 0.195 e. The van der Waals surface area contributed by atoms with Crippen LogP contribution in [-0.4, -0.2) is 24.8 Å². The Bertz CT molecular complexity index is 1020. The highest BCUT2D eigenvalue weighted by Gasteiger charge is 2.07. The first-order valence-electron chi connectivity index (χ1n) is 8.94. The van der Waals surface area contributed by atoms with Crippen LogP contribution >= 0.6 is 0 Å². The standard InChI is InChI=1S/C24H22O4/c1-15(2)23(25)13-27-21-7-5-17-10-20-12-22(28-14-24(26)16(3)4)8-6-18(20)9-19(17)11-21/h5-12H,1,3,13-14H2,2,4H3. The molecule has 0 aliphatic carbocycles. The average Bonchev–Trinajstić information content (AvgIpc) is 2.68. The summed E-state index contributed by atoms with van der Waals surface area (Å²) in [6.07, 6.45) is 0. The van der Waals surface area contributed by atoms with Crippen LogP contribution in [-0.2, 0) is 9.59 Å². The Kier molecular flexibility index (Phi) is 5.59. The summed E-state index contributed by atoms with van der Waals surface area (Å²) in [6.45, 7) is 10.6. The van der Waals surface area contributed by atoms with E-state index in [1.54, 1.807) is 13.8 Å². The number of hydrogen-bond acceptors (Lipinski definition) is 4. The summed E-state index contributed by atoms with van der Waals surface area (Å²) in [7, 11) is 0. The maximum absolute atomic E-state index is 11.7. The fourth-order valence-electron chi connectivity index (χ4n) is 2.68. The van der Waals surface area contributed by atoms with Crippen LogP contribution in [0, 0.1) is 0 Å². The molecule has 3 aromatic carbocycles. The Hall–Kier alpha value is -3.40. The minimum atomic E-state index is -0.115. The first-order chi connectivity index (χ1) is 13.3. The van der Waals surface area contributed by atoms with Gasteiger partial charge in [0, 0.05) is 0 Å². The Labute approximate surface area is 164 Å². The zero-order valence-electron chi connectivity index (χ0n) is 16.1. The molecule has 0 spiro atoms. The molecule has 3 aromatic rings. The molecule has 0 radical (unpaired) electrons. The van der Waals surface area contributed by atoms with E-state index in [4.69, 9.17) is 9.47 Å². The number of carbonyl (C=O) groups is 2. The molecule has 0 saturated heterocycles. The number of fused-ring (bicyclic) bond motifs is 2. The van der Waals surface area contributed by atoms with E-state index in [1.807, 2.05) is 36.4 Å². The average molecular weight is 374 g/mol. The largest absolute Gasteiger partial charge is 0.485 e. The minimum absolute atomic E-state index is 0.0159. The second kappa shape index (κ2) is 8.09. The van der Waals surface area contributed by atoms with Gasteiger partial charge in [-0.15, -0.1) is 0 Å². The molecule has 0 bridgehead atoms. The Balaban J connectivity index is 1.82. The van der Waals surface area contributed by atoms with Crippen LogP contribution in [0.3, 0.4) is 0 Å². The summed E-state index contributed by atoms with van der Waals surface area (Å²) in [5, 5.41) is 4.11. The fraction of sp³-hybridized carbons (Fsp3) is 0.167. The molecule has 28 heavy (non-hydrogen) atoms. The van der Waals surface area contributed by atoms with Crippen molar-refractivity contribution in [3.05, 3.63) is 72.8 Å². The zero-order chi connectivity index (χ0) is 20.3. The third-order valence-corrected chi connectivity index (χ3v) is 4.43. The van der Waals surface area contributed by atoms with Crippen molar-refractivity contribution < 1.29 is 19.1 Å². The van der Waals surface area contributed by atoms with Crippen molar-refractivity contribution in [3.63, 3.8) is 0 Å². The number of ether oxygens (including phenoxy) is 2. The molecule has 142 valence electrons. The van der Waals surface area contributed by atoms with Gasteiger partial charge in [0.2, 0.25) is 0 Å². The lowest BCUT2D eigenvalue weighted by molar-refractivity contribution is -0.118. The predicted molar refractivity (Wildman–Crippen MR) is 112 cm³/mol. The van der Waals surface area contributed by atoms with Gasteiger partial charge in [-0.05, 0) is 82.9 Å². The second-order valence-corrected chi connectivity index (χ2v) is 6.85. The topological polar surface area (TPSA) is 52.6 Å². The van der Waals surface area contributed by atoms with E-state index in [2.05, 4.69) is 25.3 Å². The lowest BCUT2D eigenvalue weighted by atomic mass is 10.0. The molecule has 0 atom stereocenters. The SMILES string of the molecule is C=C(C)C(=O)COc1ccc2cc3cc(OCC(=O)C(=C)C)ccc3cc2c1. The molecular weight excluding hydrogens is 352 g/mol. The second-order valence-electron chi connectivity index (χ2n) is 6.85. The van der Waals surface area contributed by atoms with Gasteiger partial charge < -0.3 is 9.47 Å². The summed E-state index contributed by atoms with van der Waals surface area (Å²) in [5.41, 5.74) is 0.963. The highest BCUT2D eigenvalue weighted by Crippen LogP contribution is 2.28. The van der Waals surface area contributed by atoms with E-state index < -0.39 is 0 Å². The number of hydrogen-bond donors (Lipinski definition) is 0. The molecule has 0 N–H and O–H groups in total.